The van der Waals surface area contributed by atoms with E-state index in [4.69, 9.17) is 11.6 Å². The number of rotatable bonds is 2. The summed E-state index contributed by atoms with van der Waals surface area (Å²) in [6, 6.07) is 5.69. The van der Waals surface area contributed by atoms with Gasteiger partial charge in [0, 0.05) is 5.56 Å². The van der Waals surface area contributed by atoms with Crippen molar-refractivity contribution < 1.29 is 18.0 Å². The molecule has 7 heteroatoms. The molecule has 1 aliphatic rings. The maximum atomic E-state index is 11.9. The zero-order valence-corrected chi connectivity index (χ0v) is 11.0. The summed E-state index contributed by atoms with van der Waals surface area (Å²) in [5.41, 5.74) is 0.299. The molecule has 1 amide bonds. The molecular formula is C11H10ClNO4S. The zero-order chi connectivity index (χ0) is 13.5. The van der Waals surface area contributed by atoms with Gasteiger partial charge in [-0.1, -0.05) is 13.0 Å². The highest BCUT2D eigenvalue weighted by Gasteiger charge is 2.41. The number of anilines is 1. The third kappa shape index (κ3) is 2.13. The van der Waals surface area contributed by atoms with Gasteiger partial charge in [-0.2, -0.15) is 0 Å². The molecule has 0 spiro atoms. The average molecular weight is 288 g/mol. The summed E-state index contributed by atoms with van der Waals surface area (Å²) < 4.78 is 24.4. The van der Waals surface area contributed by atoms with Crippen molar-refractivity contribution in [1.29, 1.82) is 0 Å². The van der Waals surface area contributed by atoms with E-state index in [0.29, 0.717) is 0 Å². The normalized spacial score (nSPS) is 22.2. The molecule has 1 fully saturated rings. The number of amides is 1. The SMILES string of the molecule is C[C@H]1CS(=O)(=O)N(c2cccc(C(=O)Cl)c2)C1=O. The van der Waals surface area contributed by atoms with E-state index in [2.05, 4.69) is 0 Å². The topological polar surface area (TPSA) is 71.5 Å². The molecule has 0 bridgehead atoms. The average Bonchev–Trinajstić information content (AvgIpc) is 2.48. The molecule has 0 unspecified atom stereocenters. The number of halogens is 1. The smallest absolute Gasteiger partial charge is 0.252 e. The summed E-state index contributed by atoms with van der Waals surface area (Å²) in [5.74, 6) is -1.29. The molecule has 96 valence electrons. The summed E-state index contributed by atoms with van der Waals surface area (Å²) in [4.78, 5) is 22.9. The monoisotopic (exact) mass is 287 g/mol. The molecule has 0 N–H and O–H groups in total. The highest BCUT2D eigenvalue weighted by atomic mass is 35.5. The Balaban J connectivity index is 2.52. The van der Waals surface area contributed by atoms with Gasteiger partial charge < -0.3 is 0 Å². The summed E-state index contributed by atoms with van der Waals surface area (Å²) in [6.07, 6.45) is 0. The summed E-state index contributed by atoms with van der Waals surface area (Å²) in [6.45, 7) is 1.55. The molecule has 0 saturated carbocycles. The van der Waals surface area contributed by atoms with Crippen LogP contribution in [0.3, 0.4) is 0 Å². The van der Waals surface area contributed by atoms with Gasteiger partial charge in [0.05, 0.1) is 17.4 Å². The Bertz CT molecular complexity index is 626. The molecule has 2 rings (SSSR count). The van der Waals surface area contributed by atoms with Gasteiger partial charge >= 0.3 is 0 Å². The van der Waals surface area contributed by atoms with E-state index in [9.17, 15) is 18.0 Å². The van der Waals surface area contributed by atoms with Crippen LogP contribution in [0.1, 0.15) is 17.3 Å². The molecule has 0 radical (unpaired) electrons. The molecule has 1 heterocycles. The van der Waals surface area contributed by atoms with Gasteiger partial charge in [-0.05, 0) is 29.8 Å². The molecule has 1 saturated heterocycles. The lowest BCUT2D eigenvalue weighted by atomic mass is 10.2. The van der Waals surface area contributed by atoms with E-state index in [1.54, 1.807) is 6.92 Å². The van der Waals surface area contributed by atoms with Gasteiger partial charge in [0.25, 0.3) is 5.24 Å². The largest absolute Gasteiger partial charge is 0.276 e. The molecule has 0 aliphatic carbocycles. The molecule has 1 atom stereocenters. The number of benzene rings is 1. The van der Waals surface area contributed by atoms with Crippen molar-refractivity contribution in [2.75, 3.05) is 10.1 Å². The quantitative estimate of drug-likeness (QED) is 0.770. The molecule has 0 aromatic heterocycles. The summed E-state index contributed by atoms with van der Waals surface area (Å²) in [7, 11) is -3.65. The van der Waals surface area contributed by atoms with Crippen molar-refractivity contribution in [3.05, 3.63) is 29.8 Å². The number of sulfonamides is 1. The Hall–Kier alpha value is -1.40. The number of hydrogen-bond acceptors (Lipinski definition) is 4. The second-order valence-corrected chi connectivity index (χ2v) is 6.31. The predicted molar refractivity (Wildman–Crippen MR) is 67.1 cm³/mol. The number of nitrogens with zero attached hydrogens (tertiary/aromatic N) is 1. The highest BCUT2D eigenvalue weighted by molar-refractivity contribution is 7.94. The zero-order valence-electron chi connectivity index (χ0n) is 9.46. The van der Waals surface area contributed by atoms with Crippen LogP contribution in [0.2, 0.25) is 0 Å². The van der Waals surface area contributed by atoms with Crippen molar-refractivity contribution in [1.82, 2.24) is 0 Å². The van der Waals surface area contributed by atoms with E-state index >= 15 is 0 Å². The second-order valence-electron chi connectivity index (χ2n) is 4.11. The van der Waals surface area contributed by atoms with Gasteiger partial charge in [-0.25, -0.2) is 12.7 Å². The number of carbonyl (C=O) groups excluding carboxylic acids is 2. The summed E-state index contributed by atoms with van der Waals surface area (Å²) >= 11 is 5.33. The van der Waals surface area contributed by atoms with E-state index in [0.717, 1.165) is 4.31 Å². The minimum atomic E-state index is -3.65. The Labute approximate surface area is 109 Å². The first-order valence-corrected chi connectivity index (χ1v) is 7.18. The predicted octanol–water partition coefficient (Wildman–Crippen LogP) is 1.38. The lowest BCUT2D eigenvalue weighted by Crippen LogP contribution is -2.30. The first-order chi connectivity index (χ1) is 8.33. The van der Waals surface area contributed by atoms with Crippen LogP contribution in [0.25, 0.3) is 0 Å². The number of carbonyl (C=O) groups is 2. The van der Waals surface area contributed by atoms with Crippen LogP contribution in [0.5, 0.6) is 0 Å². The van der Waals surface area contributed by atoms with Crippen molar-refractivity contribution in [3.63, 3.8) is 0 Å². The third-order valence-corrected chi connectivity index (χ3v) is 4.75. The van der Waals surface area contributed by atoms with E-state index in [1.807, 2.05) is 0 Å². The van der Waals surface area contributed by atoms with Crippen molar-refractivity contribution >= 4 is 38.5 Å². The standard InChI is InChI=1S/C11H10ClNO4S/c1-7-6-18(16,17)13(11(7)15)9-4-2-3-8(5-9)10(12)14/h2-5,7H,6H2,1H3/t7-/m0/s1. The minimum absolute atomic E-state index is 0.149. The van der Waals surface area contributed by atoms with Gasteiger partial charge in [0.1, 0.15) is 0 Å². The fourth-order valence-electron chi connectivity index (χ4n) is 1.84. The van der Waals surface area contributed by atoms with Crippen LogP contribution >= 0.6 is 11.6 Å². The Morgan fingerprint density at radius 2 is 2.11 bits per heavy atom. The molecule has 1 aliphatic heterocycles. The first kappa shape index (κ1) is 13.0. The highest BCUT2D eigenvalue weighted by Crippen LogP contribution is 2.28. The fraction of sp³-hybridized carbons (Fsp3) is 0.273. The Morgan fingerprint density at radius 1 is 1.44 bits per heavy atom. The van der Waals surface area contributed by atoms with Crippen molar-refractivity contribution in [3.8, 4) is 0 Å². The van der Waals surface area contributed by atoms with E-state index in [1.165, 1.54) is 24.3 Å². The first-order valence-electron chi connectivity index (χ1n) is 5.19. The molecule has 1 aromatic carbocycles. The van der Waals surface area contributed by atoms with Gasteiger partial charge in [-0.15, -0.1) is 0 Å². The maximum absolute atomic E-state index is 11.9. The van der Waals surface area contributed by atoms with Crippen LogP contribution < -0.4 is 4.31 Å². The van der Waals surface area contributed by atoms with Crippen LogP contribution in [0.4, 0.5) is 5.69 Å². The van der Waals surface area contributed by atoms with Crippen LogP contribution in [0.15, 0.2) is 24.3 Å². The lowest BCUT2D eigenvalue weighted by Gasteiger charge is -2.15. The third-order valence-electron chi connectivity index (χ3n) is 2.67. The molecular weight excluding hydrogens is 278 g/mol. The van der Waals surface area contributed by atoms with Crippen LogP contribution in [-0.4, -0.2) is 25.3 Å². The summed E-state index contributed by atoms with van der Waals surface area (Å²) in [5, 5.41) is -0.700. The van der Waals surface area contributed by atoms with E-state index in [-0.39, 0.29) is 17.0 Å². The molecule has 1 aromatic rings. The molecule has 5 nitrogen and oxygen atoms in total. The fourth-order valence-corrected chi connectivity index (χ4v) is 3.77. The Morgan fingerprint density at radius 3 is 2.61 bits per heavy atom. The molecule has 18 heavy (non-hydrogen) atoms. The minimum Gasteiger partial charge on any atom is -0.276 e. The Kier molecular flexibility index (Phi) is 3.16. The van der Waals surface area contributed by atoms with Crippen molar-refractivity contribution in [2.24, 2.45) is 5.92 Å². The van der Waals surface area contributed by atoms with Crippen molar-refractivity contribution in [2.45, 2.75) is 6.92 Å². The van der Waals surface area contributed by atoms with E-state index < -0.39 is 27.1 Å². The second kappa shape index (κ2) is 4.37. The lowest BCUT2D eigenvalue weighted by molar-refractivity contribution is -0.119. The maximum Gasteiger partial charge on any atom is 0.252 e. The van der Waals surface area contributed by atoms with Crippen LogP contribution in [-0.2, 0) is 14.8 Å². The van der Waals surface area contributed by atoms with Gasteiger partial charge in [0.15, 0.2) is 0 Å². The number of hydrogen-bond donors (Lipinski definition) is 0. The van der Waals surface area contributed by atoms with Crippen LogP contribution in [0, 0.1) is 5.92 Å². The van der Waals surface area contributed by atoms with Gasteiger partial charge in [0.2, 0.25) is 15.9 Å². The van der Waals surface area contributed by atoms with Gasteiger partial charge in [-0.3, -0.25) is 9.59 Å².